The van der Waals surface area contributed by atoms with Crippen LogP contribution in [0.5, 0.6) is 0 Å². The molecule has 0 saturated carbocycles. The first-order chi connectivity index (χ1) is 6.64. The van der Waals surface area contributed by atoms with E-state index < -0.39 is 17.2 Å². The largest absolute Gasteiger partial charge is 0.418 e. The molecule has 1 heterocycles. The van der Waals surface area contributed by atoms with Crippen molar-refractivity contribution in [2.24, 2.45) is 0 Å². The number of anilines is 1. The molecule has 2 nitrogen and oxygen atoms in total. The van der Waals surface area contributed by atoms with Crippen LogP contribution in [0.2, 0.25) is 0 Å². The van der Waals surface area contributed by atoms with Gasteiger partial charge in [-0.2, -0.15) is 13.2 Å². The second-order valence-corrected chi connectivity index (χ2v) is 4.40. The average Bonchev–Trinajstić information content (AvgIpc) is 1.99. The zero-order valence-electron chi connectivity index (χ0n) is 8.81. The number of hydrogen-bond donors (Lipinski definition) is 1. The minimum absolute atomic E-state index is 0.120. The van der Waals surface area contributed by atoms with Gasteiger partial charge in [0.15, 0.2) is 0 Å². The van der Waals surface area contributed by atoms with E-state index in [0.29, 0.717) is 0 Å². The molecule has 1 rings (SSSR count). The van der Waals surface area contributed by atoms with Crippen LogP contribution in [0.3, 0.4) is 0 Å². The lowest BCUT2D eigenvalue weighted by molar-refractivity contribution is -0.138. The fraction of sp³-hybridized carbons (Fsp3) is 0.500. The van der Waals surface area contributed by atoms with E-state index in [1.807, 2.05) is 0 Å². The predicted octanol–water partition coefficient (Wildman–Crippen LogP) is 2.98. The van der Waals surface area contributed by atoms with Crippen LogP contribution >= 0.6 is 0 Å². The van der Waals surface area contributed by atoms with Crippen molar-refractivity contribution in [3.63, 3.8) is 0 Å². The van der Waals surface area contributed by atoms with E-state index in [-0.39, 0.29) is 11.3 Å². The Hall–Kier alpha value is -1.26. The van der Waals surface area contributed by atoms with Crippen molar-refractivity contribution in [2.75, 3.05) is 5.73 Å². The maximum atomic E-state index is 12.7. The highest BCUT2D eigenvalue weighted by Gasteiger charge is 2.38. The van der Waals surface area contributed by atoms with Gasteiger partial charge in [-0.25, -0.2) is 0 Å². The predicted molar refractivity (Wildman–Crippen MR) is 52.4 cm³/mol. The van der Waals surface area contributed by atoms with Crippen LogP contribution in [0.4, 0.5) is 18.9 Å². The van der Waals surface area contributed by atoms with E-state index in [9.17, 15) is 13.2 Å². The molecule has 15 heavy (non-hydrogen) atoms. The topological polar surface area (TPSA) is 38.9 Å². The summed E-state index contributed by atoms with van der Waals surface area (Å²) in [5, 5.41) is 0. The van der Waals surface area contributed by atoms with Crippen LogP contribution in [0.1, 0.15) is 31.9 Å². The standard InChI is InChI=1S/C10H13F3N2/c1-9(2,3)6-4-15-5-7(14)8(6)10(11,12)13/h4-5H,14H2,1-3H3. The zero-order chi connectivity index (χ0) is 11.9. The number of hydrogen-bond acceptors (Lipinski definition) is 2. The number of aromatic nitrogens is 1. The van der Waals surface area contributed by atoms with Crippen LogP contribution in [-0.2, 0) is 11.6 Å². The summed E-state index contributed by atoms with van der Waals surface area (Å²) in [7, 11) is 0. The fourth-order valence-electron chi connectivity index (χ4n) is 1.36. The molecule has 0 fully saturated rings. The van der Waals surface area contributed by atoms with E-state index in [1.165, 1.54) is 6.20 Å². The van der Waals surface area contributed by atoms with E-state index in [1.54, 1.807) is 20.8 Å². The van der Waals surface area contributed by atoms with Gasteiger partial charge in [-0.15, -0.1) is 0 Å². The molecule has 0 amide bonds. The molecular weight excluding hydrogens is 205 g/mol. The normalized spacial score (nSPS) is 12.9. The molecule has 0 bridgehead atoms. The summed E-state index contributed by atoms with van der Waals surface area (Å²) in [6.07, 6.45) is -2.19. The lowest BCUT2D eigenvalue weighted by atomic mass is 9.84. The van der Waals surface area contributed by atoms with E-state index in [4.69, 9.17) is 5.73 Å². The van der Waals surface area contributed by atoms with Crippen molar-refractivity contribution >= 4 is 5.69 Å². The van der Waals surface area contributed by atoms with Crippen LogP contribution in [0.15, 0.2) is 12.4 Å². The Morgan fingerprint density at radius 3 is 2.00 bits per heavy atom. The van der Waals surface area contributed by atoms with Gasteiger partial charge in [-0.3, -0.25) is 4.98 Å². The lowest BCUT2D eigenvalue weighted by Crippen LogP contribution is -2.21. The zero-order valence-corrected chi connectivity index (χ0v) is 8.81. The summed E-state index contributed by atoms with van der Waals surface area (Å²) in [6, 6.07) is 0. The number of nitrogens with two attached hydrogens (primary N) is 1. The smallest absolute Gasteiger partial charge is 0.397 e. The van der Waals surface area contributed by atoms with Gasteiger partial charge in [0, 0.05) is 6.20 Å². The molecular formula is C10H13F3N2. The Kier molecular flexibility index (Phi) is 2.67. The molecule has 84 valence electrons. The Labute approximate surface area is 86.3 Å². The second-order valence-electron chi connectivity index (χ2n) is 4.40. The number of nitrogen functional groups attached to an aromatic ring is 1. The minimum Gasteiger partial charge on any atom is -0.397 e. The molecule has 0 aliphatic heterocycles. The van der Waals surface area contributed by atoms with Crippen molar-refractivity contribution in [3.05, 3.63) is 23.5 Å². The van der Waals surface area contributed by atoms with Crippen molar-refractivity contribution < 1.29 is 13.2 Å². The highest BCUT2D eigenvalue weighted by atomic mass is 19.4. The van der Waals surface area contributed by atoms with Crippen molar-refractivity contribution in [1.82, 2.24) is 4.98 Å². The Bertz CT molecular complexity index is 364. The summed E-state index contributed by atoms with van der Waals surface area (Å²) in [6.45, 7) is 5.08. The first-order valence-corrected chi connectivity index (χ1v) is 4.45. The Balaban J connectivity index is 3.48. The number of nitrogens with zero attached hydrogens (tertiary/aromatic N) is 1. The van der Waals surface area contributed by atoms with Gasteiger partial charge in [0.1, 0.15) is 0 Å². The van der Waals surface area contributed by atoms with Crippen molar-refractivity contribution in [3.8, 4) is 0 Å². The Morgan fingerprint density at radius 1 is 1.13 bits per heavy atom. The van der Waals surface area contributed by atoms with Gasteiger partial charge in [0.25, 0.3) is 0 Å². The first kappa shape index (κ1) is 11.8. The monoisotopic (exact) mass is 218 g/mol. The summed E-state index contributed by atoms with van der Waals surface area (Å²) in [5.74, 6) is 0. The minimum atomic E-state index is -4.43. The molecule has 1 aromatic heterocycles. The van der Waals surface area contributed by atoms with Gasteiger partial charge < -0.3 is 5.73 Å². The molecule has 0 radical (unpaired) electrons. The highest BCUT2D eigenvalue weighted by Crippen LogP contribution is 2.39. The molecule has 0 aromatic carbocycles. The quantitative estimate of drug-likeness (QED) is 0.727. The summed E-state index contributed by atoms with van der Waals surface area (Å²) in [4.78, 5) is 3.70. The van der Waals surface area contributed by atoms with Crippen molar-refractivity contribution in [2.45, 2.75) is 32.4 Å². The number of halogens is 3. The van der Waals surface area contributed by atoms with Gasteiger partial charge in [0.2, 0.25) is 0 Å². The summed E-state index contributed by atoms with van der Waals surface area (Å²) in [5.41, 5.74) is 3.71. The fourth-order valence-corrected chi connectivity index (χ4v) is 1.36. The number of alkyl halides is 3. The highest BCUT2D eigenvalue weighted by molar-refractivity contribution is 5.52. The van der Waals surface area contributed by atoms with Gasteiger partial charge in [0.05, 0.1) is 17.4 Å². The van der Waals surface area contributed by atoms with Gasteiger partial charge in [-0.05, 0) is 11.0 Å². The Morgan fingerprint density at radius 2 is 1.67 bits per heavy atom. The van der Waals surface area contributed by atoms with E-state index in [0.717, 1.165) is 6.20 Å². The molecule has 0 unspecified atom stereocenters. The van der Waals surface area contributed by atoms with Crippen molar-refractivity contribution in [1.29, 1.82) is 0 Å². The maximum absolute atomic E-state index is 12.7. The number of pyridine rings is 1. The molecule has 1 aromatic rings. The van der Waals surface area contributed by atoms with Crippen LogP contribution in [-0.4, -0.2) is 4.98 Å². The third-order valence-corrected chi connectivity index (χ3v) is 2.07. The molecule has 0 aliphatic carbocycles. The average molecular weight is 218 g/mol. The third kappa shape index (κ3) is 2.40. The molecule has 2 N–H and O–H groups in total. The molecule has 0 spiro atoms. The molecule has 0 saturated heterocycles. The van der Waals surface area contributed by atoms with Gasteiger partial charge >= 0.3 is 6.18 Å². The van der Waals surface area contributed by atoms with E-state index >= 15 is 0 Å². The molecule has 5 heteroatoms. The summed E-state index contributed by atoms with van der Waals surface area (Å²) < 4.78 is 38.2. The van der Waals surface area contributed by atoms with Crippen LogP contribution in [0, 0.1) is 0 Å². The third-order valence-electron chi connectivity index (χ3n) is 2.07. The summed E-state index contributed by atoms with van der Waals surface area (Å²) >= 11 is 0. The molecule has 0 aliphatic rings. The van der Waals surface area contributed by atoms with Crippen LogP contribution < -0.4 is 5.73 Å². The second kappa shape index (κ2) is 3.40. The maximum Gasteiger partial charge on any atom is 0.418 e. The first-order valence-electron chi connectivity index (χ1n) is 4.45. The van der Waals surface area contributed by atoms with Gasteiger partial charge in [-0.1, -0.05) is 20.8 Å². The SMILES string of the molecule is CC(C)(C)c1cncc(N)c1C(F)(F)F. The molecule has 0 atom stereocenters. The van der Waals surface area contributed by atoms with E-state index in [2.05, 4.69) is 4.98 Å². The number of rotatable bonds is 0. The lowest BCUT2D eigenvalue weighted by Gasteiger charge is -2.24. The van der Waals surface area contributed by atoms with Crippen LogP contribution in [0.25, 0.3) is 0 Å².